The minimum atomic E-state index is -2.71. The SMILES string of the molecule is CN1C(=O)N(C)C(=O)C(N=NC2C(=O)NC(=O)NC2=O)(c2ccccc2C(=O)O)C1=O. The molecule has 0 aromatic heterocycles. The lowest BCUT2D eigenvalue weighted by Gasteiger charge is -2.39. The van der Waals surface area contributed by atoms with Crippen molar-refractivity contribution in [1.29, 1.82) is 0 Å². The molecule has 0 spiro atoms. The molecule has 160 valence electrons. The van der Waals surface area contributed by atoms with E-state index in [0.717, 1.165) is 26.2 Å². The zero-order valence-corrected chi connectivity index (χ0v) is 16.0. The highest BCUT2D eigenvalue weighted by atomic mass is 16.4. The summed E-state index contributed by atoms with van der Waals surface area (Å²) in [6.07, 6.45) is 0. The van der Waals surface area contributed by atoms with Crippen molar-refractivity contribution >= 4 is 41.7 Å². The lowest BCUT2D eigenvalue weighted by molar-refractivity contribution is -0.151. The van der Waals surface area contributed by atoms with E-state index >= 15 is 0 Å². The number of carboxylic acid groups (broad SMARTS) is 1. The number of benzene rings is 1. The first-order valence-corrected chi connectivity index (χ1v) is 8.53. The summed E-state index contributed by atoms with van der Waals surface area (Å²) in [5.74, 6) is -6.34. The molecule has 0 saturated carbocycles. The van der Waals surface area contributed by atoms with Crippen molar-refractivity contribution in [2.75, 3.05) is 14.1 Å². The van der Waals surface area contributed by atoms with Crippen LogP contribution in [0.15, 0.2) is 34.5 Å². The maximum atomic E-state index is 13.1. The van der Waals surface area contributed by atoms with Gasteiger partial charge in [0.1, 0.15) is 0 Å². The Morgan fingerprint density at radius 1 is 0.968 bits per heavy atom. The Labute approximate surface area is 172 Å². The molecule has 3 rings (SSSR count). The number of imide groups is 4. The van der Waals surface area contributed by atoms with Gasteiger partial charge in [-0.3, -0.25) is 39.6 Å². The molecule has 14 heteroatoms. The summed E-state index contributed by atoms with van der Waals surface area (Å²) in [6.45, 7) is 0. The number of hydrogen-bond donors (Lipinski definition) is 3. The second kappa shape index (κ2) is 7.40. The number of amides is 8. The number of hydrogen-bond acceptors (Lipinski definition) is 9. The van der Waals surface area contributed by atoms with Crippen molar-refractivity contribution in [2.45, 2.75) is 11.6 Å². The Hall–Kier alpha value is -4.49. The molecule has 2 aliphatic rings. The highest BCUT2D eigenvalue weighted by Crippen LogP contribution is 2.37. The molecule has 8 amide bonds. The van der Waals surface area contributed by atoms with E-state index < -0.39 is 64.4 Å². The van der Waals surface area contributed by atoms with Crippen molar-refractivity contribution in [2.24, 2.45) is 10.2 Å². The van der Waals surface area contributed by atoms with Crippen molar-refractivity contribution in [1.82, 2.24) is 20.4 Å². The van der Waals surface area contributed by atoms with Gasteiger partial charge < -0.3 is 5.11 Å². The molecule has 31 heavy (non-hydrogen) atoms. The fraction of sp³-hybridized carbons (Fsp3) is 0.235. The summed E-state index contributed by atoms with van der Waals surface area (Å²) in [6, 6.07) is 0.844. The van der Waals surface area contributed by atoms with Crippen molar-refractivity contribution < 1.29 is 38.7 Å². The van der Waals surface area contributed by atoms with Gasteiger partial charge in [-0.1, -0.05) is 18.2 Å². The standard InChI is InChI=1S/C17H14N6O8/c1-22-13(28)17(14(29)23(2)16(22)31,8-6-4-3-5-7(8)12(26)27)21-20-9-10(24)18-15(30)19-11(9)25/h3-6,9H,1-2H3,(H,26,27)(H2,18,19,24,25,30). The van der Waals surface area contributed by atoms with E-state index in [1.807, 2.05) is 0 Å². The average Bonchev–Trinajstić information content (AvgIpc) is 2.72. The van der Waals surface area contributed by atoms with E-state index in [-0.39, 0.29) is 0 Å². The Bertz CT molecular complexity index is 1050. The maximum Gasteiger partial charge on any atom is 0.336 e. The zero-order valence-electron chi connectivity index (χ0n) is 16.0. The summed E-state index contributed by atoms with van der Waals surface area (Å²) >= 11 is 0. The number of likely N-dealkylation sites (N-methyl/N-ethyl adjacent to an activating group) is 2. The van der Waals surface area contributed by atoms with Crippen LogP contribution in [0.5, 0.6) is 0 Å². The van der Waals surface area contributed by atoms with E-state index in [1.165, 1.54) is 12.1 Å². The van der Waals surface area contributed by atoms with Crippen LogP contribution in [-0.4, -0.2) is 76.7 Å². The summed E-state index contributed by atoms with van der Waals surface area (Å²) in [4.78, 5) is 86.4. The molecule has 2 aliphatic heterocycles. The molecule has 0 unspecified atom stereocenters. The Morgan fingerprint density at radius 2 is 1.48 bits per heavy atom. The molecular weight excluding hydrogens is 416 g/mol. The molecule has 2 saturated heterocycles. The number of azo groups is 1. The van der Waals surface area contributed by atoms with Crippen LogP contribution in [0.4, 0.5) is 9.59 Å². The predicted octanol–water partition coefficient (Wildman–Crippen LogP) is -1.18. The molecule has 1 aromatic carbocycles. The number of carbonyl (C=O) groups is 7. The minimum absolute atomic E-state index is 0.430. The van der Waals surface area contributed by atoms with E-state index in [2.05, 4.69) is 10.2 Å². The lowest BCUT2D eigenvalue weighted by atomic mass is 9.83. The van der Waals surface area contributed by atoms with Gasteiger partial charge in [0.2, 0.25) is 6.04 Å². The molecule has 3 N–H and O–H groups in total. The third kappa shape index (κ3) is 3.19. The smallest absolute Gasteiger partial charge is 0.336 e. The van der Waals surface area contributed by atoms with E-state index in [9.17, 15) is 38.7 Å². The summed E-state index contributed by atoms with van der Waals surface area (Å²) in [5, 5.41) is 20.3. The van der Waals surface area contributed by atoms with Gasteiger partial charge in [0.05, 0.1) is 5.56 Å². The number of rotatable bonds is 4. The van der Waals surface area contributed by atoms with Crippen LogP contribution >= 0.6 is 0 Å². The number of carboxylic acids is 1. The second-order valence-electron chi connectivity index (χ2n) is 6.50. The summed E-state index contributed by atoms with van der Waals surface area (Å²) < 4.78 is 0. The molecule has 0 bridgehead atoms. The van der Waals surface area contributed by atoms with Crippen LogP contribution in [0.1, 0.15) is 15.9 Å². The fourth-order valence-corrected chi connectivity index (χ4v) is 3.09. The number of aromatic carboxylic acids is 1. The molecular formula is C17H14N6O8. The van der Waals surface area contributed by atoms with Gasteiger partial charge in [-0.25, -0.2) is 14.4 Å². The molecule has 0 aliphatic carbocycles. The predicted molar refractivity (Wildman–Crippen MR) is 96.3 cm³/mol. The van der Waals surface area contributed by atoms with Gasteiger partial charge in [0, 0.05) is 19.7 Å². The van der Waals surface area contributed by atoms with Crippen molar-refractivity contribution in [3.63, 3.8) is 0 Å². The minimum Gasteiger partial charge on any atom is -0.478 e. The van der Waals surface area contributed by atoms with Gasteiger partial charge in [-0.15, -0.1) is 0 Å². The van der Waals surface area contributed by atoms with E-state index in [4.69, 9.17) is 0 Å². The Balaban J connectivity index is 2.25. The fourth-order valence-electron chi connectivity index (χ4n) is 3.09. The van der Waals surface area contributed by atoms with Gasteiger partial charge in [-0.2, -0.15) is 10.2 Å². The molecule has 0 radical (unpaired) electrons. The number of nitrogens with one attached hydrogen (secondary N) is 2. The Kier molecular flexibility index (Phi) is 5.07. The number of barbiturate groups is 2. The Morgan fingerprint density at radius 3 is 2.00 bits per heavy atom. The first-order chi connectivity index (χ1) is 14.5. The summed E-state index contributed by atoms with van der Waals surface area (Å²) in [5.41, 5.74) is -3.64. The van der Waals surface area contributed by atoms with Crippen molar-refractivity contribution in [3.8, 4) is 0 Å². The van der Waals surface area contributed by atoms with Gasteiger partial charge in [-0.05, 0) is 6.07 Å². The number of urea groups is 2. The monoisotopic (exact) mass is 430 g/mol. The third-order valence-electron chi connectivity index (χ3n) is 4.64. The molecule has 1 aromatic rings. The lowest BCUT2D eigenvalue weighted by Crippen LogP contribution is -2.65. The highest BCUT2D eigenvalue weighted by Gasteiger charge is 2.59. The molecule has 0 atom stereocenters. The van der Waals surface area contributed by atoms with Crippen LogP contribution in [-0.2, 0) is 24.7 Å². The molecule has 2 heterocycles. The zero-order chi connectivity index (χ0) is 23.1. The highest BCUT2D eigenvalue weighted by molar-refractivity contribution is 6.23. The van der Waals surface area contributed by atoms with Crippen molar-refractivity contribution in [3.05, 3.63) is 35.4 Å². The first kappa shape index (κ1) is 21.2. The van der Waals surface area contributed by atoms with Crippen LogP contribution in [0.2, 0.25) is 0 Å². The normalized spacial score (nSPS) is 19.7. The second-order valence-corrected chi connectivity index (χ2v) is 6.50. The van der Waals surface area contributed by atoms with Crippen LogP contribution < -0.4 is 10.6 Å². The summed E-state index contributed by atoms with van der Waals surface area (Å²) in [7, 11) is 2.08. The molecule has 14 nitrogen and oxygen atoms in total. The van der Waals surface area contributed by atoms with Crippen LogP contribution in [0, 0.1) is 0 Å². The average molecular weight is 430 g/mol. The number of carbonyl (C=O) groups excluding carboxylic acids is 6. The van der Waals surface area contributed by atoms with Gasteiger partial charge in [0.15, 0.2) is 0 Å². The topological polar surface area (TPSA) is 195 Å². The third-order valence-corrected chi connectivity index (χ3v) is 4.64. The quantitative estimate of drug-likeness (QED) is 0.392. The molecule has 2 fully saturated rings. The van der Waals surface area contributed by atoms with Gasteiger partial charge >= 0.3 is 18.0 Å². The van der Waals surface area contributed by atoms with Crippen LogP contribution in [0.3, 0.4) is 0 Å². The van der Waals surface area contributed by atoms with E-state index in [0.29, 0.717) is 9.80 Å². The number of nitrogens with zero attached hydrogens (tertiary/aromatic N) is 4. The van der Waals surface area contributed by atoms with Crippen LogP contribution in [0.25, 0.3) is 0 Å². The maximum absolute atomic E-state index is 13.1. The first-order valence-electron chi connectivity index (χ1n) is 8.53. The largest absolute Gasteiger partial charge is 0.478 e. The van der Waals surface area contributed by atoms with Gasteiger partial charge in [0.25, 0.3) is 29.2 Å². The van der Waals surface area contributed by atoms with E-state index in [1.54, 1.807) is 10.6 Å².